The summed E-state index contributed by atoms with van der Waals surface area (Å²) < 4.78 is 11.7. The van der Waals surface area contributed by atoms with Gasteiger partial charge in [0.25, 0.3) is 5.91 Å². The molecule has 0 radical (unpaired) electrons. The molecule has 1 aromatic heterocycles. The highest BCUT2D eigenvalue weighted by Crippen LogP contribution is 2.31. The Kier molecular flexibility index (Phi) is 6.79. The molecular weight excluding hydrogens is 368 g/mol. The Hall–Kier alpha value is -2.54. The van der Waals surface area contributed by atoms with E-state index in [1.54, 1.807) is 31.5 Å². The summed E-state index contributed by atoms with van der Waals surface area (Å²) in [5.41, 5.74) is 1.50. The van der Waals surface area contributed by atoms with E-state index in [-0.39, 0.29) is 18.1 Å². The van der Waals surface area contributed by atoms with Crippen molar-refractivity contribution in [3.63, 3.8) is 0 Å². The predicted octanol–water partition coefficient (Wildman–Crippen LogP) is 3.47. The van der Waals surface area contributed by atoms with Crippen molar-refractivity contribution < 1.29 is 14.3 Å². The Balaban J connectivity index is 1.67. The van der Waals surface area contributed by atoms with Crippen molar-refractivity contribution in [3.05, 3.63) is 41.5 Å². The summed E-state index contributed by atoms with van der Waals surface area (Å²) in [5.74, 6) is 1.82. The van der Waals surface area contributed by atoms with Crippen molar-refractivity contribution >= 4 is 5.91 Å². The summed E-state index contributed by atoms with van der Waals surface area (Å²) in [6.45, 7) is 10.3. The Labute approximate surface area is 172 Å². The number of piperidine rings is 1. The molecular formula is C22H32N4O3. The van der Waals surface area contributed by atoms with E-state index >= 15 is 0 Å². The van der Waals surface area contributed by atoms with Gasteiger partial charge in [-0.05, 0) is 58.7 Å². The lowest BCUT2D eigenvalue weighted by atomic mass is 10.1. The molecule has 1 amide bonds. The van der Waals surface area contributed by atoms with Gasteiger partial charge < -0.3 is 24.7 Å². The van der Waals surface area contributed by atoms with E-state index in [9.17, 15) is 4.79 Å². The number of aromatic amines is 1. The summed E-state index contributed by atoms with van der Waals surface area (Å²) in [6, 6.07) is 5.64. The van der Waals surface area contributed by atoms with Crippen molar-refractivity contribution in [3.8, 4) is 11.5 Å². The van der Waals surface area contributed by atoms with Crippen LogP contribution in [0.5, 0.6) is 11.5 Å². The van der Waals surface area contributed by atoms with Gasteiger partial charge in [0.1, 0.15) is 11.9 Å². The number of imidazole rings is 1. The number of nitrogens with zero attached hydrogens (tertiary/aromatic N) is 2. The first-order valence-corrected chi connectivity index (χ1v) is 10.3. The van der Waals surface area contributed by atoms with Crippen LogP contribution in [0.25, 0.3) is 0 Å². The molecule has 0 unspecified atom stereocenters. The number of rotatable bonds is 7. The minimum Gasteiger partial charge on any atom is -0.493 e. The molecule has 0 bridgehead atoms. The number of likely N-dealkylation sites (tertiary alicyclic amines) is 1. The van der Waals surface area contributed by atoms with Gasteiger partial charge in [-0.3, -0.25) is 4.79 Å². The summed E-state index contributed by atoms with van der Waals surface area (Å²) in [5, 5.41) is 2.98. The first-order chi connectivity index (χ1) is 13.9. The van der Waals surface area contributed by atoms with Gasteiger partial charge in [-0.15, -0.1) is 0 Å². The number of carbonyl (C=O) groups is 1. The highest BCUT2D eigenvalue weighted by molar-refractivity contribution is 5.95. The third kappa shape index (κ3) is 5.29. The van der Waals surface area contributed by atoms with Crippen molar-refractivity contribution in [2.24, 2.45) is 0 Å². The molecule has 0 saturated carbocycles. The minimum absolute atomic E-state index is 0.127. The SMILES string of the molecule is COc1ccc(C(=O)N[C@@H](C)c2ncc(C)[nH]2)cc1OC1CCN(C(C)C)CC1. The lowest BCUT2D eigenvalue weighted by Gasteiger charge is -2.34. The van der Waals surface area contributed by atoms with Crippen LogP contribution < -0.4 is 14.8 Å². The fourth-order valence-corrected chi connectivity index (χ4v) is 3.60. The average Bonchev–Trinajstić information content (AvgIpc) is 3.15. The molecule has 0 spiro atoms. The van der Waals surface area contributed by atoms with E-state index in [0.717, 1.165) is 37.4 Å². The van der Waals surface area contributed by atoms with Crippen LogP contribution in [0.3, 0.4) is 0 Å². The zero-order chi connectivity index (χ0) is 21.0. The average molecular weight is 401 g/mol. The van der Waals surface area contributed by atoms with Crippen LogP contribution in [-0.4, -0.2) is 53.1 Å². The number of methoxy groups -OCH3 is 1. The highest BCUT2D eigenvalue weighted by Gasteiger charge is 2.24. The molecule has 0 aliphatic carbocycles. The van der Waals surface area contributed by atoms with Crippen LogP contribution in [0.1, 0.15) is 61.5 Å². The number of aromatic nitrogens is 2. The zero-order valence-corrected chi connectivity index (χ0v) is 18.0. The fraction of sp³-hybridized carbons (Fsp3) is 0.545. The molecule has 7 heteroatoms. The second kappa shape index (κ2) is 9.31. The number of ether oxygens (including phenoxy) is 2. The molecule has 29 heavy (non-hydrogen) atoms. The number of nitrogens with one attached hydrogen (secondary N) is 2. The van der Waals surface area contributed by atoms with Crippen LogP contribution in [0.4, 0.5) is 0 Å². The Bertz CT molecular complexity index is 825. The topological polar surface area (TPSA) is 79.5 Å². The lowest BCUT2D eigenvalue weighted by molar-refractivity contribution is 0.0818. The fourth-order valence-electron chi connectivity index (χ4n) is 3.60. The van der Waals surface area contributed by atoms with Gasteiger partial charge in [-0.2, -0.15) is 0 Å². The number of benzene rings is 1. The molecule has 2 N–H and O–H groups in total. The van der Waals surface area contributed by atoms with Crippen LogP contribution in [0.15, 0.2) is 24.4 Å². The number of carbonyl (C=O) groups excluding carboxylic acids is 1. The van der Waals surface area contributed by atoms with Crippen molar-refractivity contribution in [1.82, 2.24) is 20.2 Å². The van der Waals surface area contributed by atoms with Gasteiger partial charge in [0, 0.05) is 36.6 Å². The first kappa shape index (κ1) is 21.2. The van der Waals surface area contributed by atoms with E-state index in [1.165, 1.54) is 0 Å². The van der Waals surface area contributed by atoms with E-state index in [0.29, 0.717) is 23.1 Å². The normalized spacial score (nSPS) is 16.6. The first-order valence-electron chi connectivity index (χ1n) is 10.3. The third-order valence-electron chi connectivity index (χ3n) is 5.41. The molecule has 1 aliphatic rings. The minimum atomic E-state index is -0.219. The monoisotopic (exact) mass is 400 g/mol. The molecule has 7 nitrogen and oxygen atoms in total. The highest BCUT2D eigenvalue weighted by atomic mass is 16.5. The zero-order valence-electron chi connectivity index (χ0n) is 18.0. The Morgan fingerprint density at radius 3 is 2.55 bits per heavy atom. The predicted molar refractivity (Wildman–Crippen MR) is 113 cm³/mol. The van der Waals surface area contributed by atoms with Crippen LogP contribution in [0.2, 0.25) is 0 Å². The molecule has 1 saturated heterocycles. The molecule has 1 atom stereocenters. The third-order valence-corrected chi connectivity index (χ3v) is 5.41. The molecule has 3 rings (SSSR count). The van der Waals surface area contributed by atoms with Crippen LogP contribution in [-0.2, 0) is 0 Å². The maximum absolute atomic E-state index is 12.7. The number of amides is 1. The largest absolute Gasteiger partial charge is 0.493 e. The van der Waals surface area contributed by atoms with Gasteiger partial charge in [-0.1, -0.05) is 0 Å². The molecule has 1 fully saturated rings. The van der Waals surface area contributed by atoms with Gasteiger partial charge in [0.2, 0.25) is 0 Å². The Morgan fingerprint density at radius 2 is 1.97 bits per heavy atom. The van der Waals surface area contributed by atoms with Crippen molar-refractivity contribution in [2.75, 3.05) is 20.2 Å². The second-order valence-electron chi connectivity index (χ2n) is 7.96. The second-order valence-corrected chi connectivity index (χ2v) is 7.96. The molecule has 2 aromatic rings. The maximum Gasteiger partial charge on any atom is 0.251 e. The van der Waals surface area contributed by atoms with Crippen molar-refractivity contribution in [1.29, 1.82) is 0 Å². The summed E-state index contributed by atoms with van der Waals surface area (Å²) >= 11 is 0. The number of hydrogen-bond donors (Lipinski definition) is 2. The standard InChI is InChI=1S/C22H32N4O3/c1-14(2)26-10-8-18(9-11-26)29-20-12-17(6-7-19(20)28-5)22(27)25-16(4)21-23-13-15(3)24-21/h6-7,12-14,16,18H,8-11H2,1-5H3,(H,23,24)(H,25,27)/t16-/m0/s1. The number of H-pyrrole nitrogens is 1. The smallest absolute Gasteiger partial charge is 0.251 e. The quantitative estimate of drug-likeness (QED) is 0.744. The molecule has 1 aliphatic heterocycles. The van der Waals surface area contributed by atoms with Crippen LogP contribution >= 0.6 is 0 Å². The van der Waals surface area contributed by atoms with Gasteiger partial charge in [-0.25, -0.2) is 4.98 Å². The van der Waals surface area contributed by atoms with E-state index < -0.39 is 0 Å². The van der Waals surface area contributed by atoms with E-state index in [4.69, 9.17) is 9.47 Å². The summed E-state index contributed by atoms with van der Waals surface area (Å²) in [4.78, 5) is 22.6. The van der Waals surface area contributed by atoms with Gasteiger partial charge >= 0.3 is 0 Å². The Morgan fingerprint density at radius 1 is 1.24 bits per heavy atom. The summed E-state index contributed by atoms with van der Waals surface area (Å²) in [7, 11) is 1.62. The molecule has 2 heterocycles. The van der Waals surface area contributed by atoms with Gasteiger partial charge in [0.15, 0.2) is 11.5 Å². The molecule has 1 aromatic carbocycles. The van der Waals surface area contributed by atoms with Gasteiger partial charge in [0.05, 0.1) is 13.2 Å². The maximum atomic E-state index is 12.7. The number of hydrogen-bond acceptors (Lipinski definition) is 5. The molecule has 158 valence electrons. The van der Waals surface area contributed by atoms with Crippen LogP contribution in [0, 0.1) is 6.92 Å². The van der Waals surface area contributed by atoms with E-state index in [2.05, 4.69) is 34.0 Å². The van der Waals surface area contributed by atoms with Crippen molar-refractivity contribution in [2.45, 2.75) is 58.7 Å². The van der Waals surface area contributed by atoms with E-state index in [1.807, 2.05) is 13.8 Å². The summed E-state index contributed by atoms with van der Waals surface area (Å²) in [6.07, 6.45) is 3.81. The number of aryl methyl sites for hydroxylation is 1. The lowest BCUT2D eigenvalue weighted by Crippen LogP contribution is -2.41.